The highest BCUT2D eigenvalue weighted by molar-refractivity contribution is 7.55. The Labute approximate surface area is 275 Å². The predicted molar refractivity (Wildman–Crippen MR) is 176 cm³/mol. The van der Waals surface area contributed by atoms with E-state index in [1.807, 2.05) is 20.8 Å². The lowest BCUT2D eigenvalue weighted by atomic mass is 10.2. The van der Waals surface area contributed by atoms with E-state index in [-0.39, 0.29) is 57.1 Å². The Morgan fingerprint density at radius 1 is 0.630 bits per heavy atom. The molecule has 3 aliphatic rings. The van der Waals surface area contributed by atoms with Crippen molar-refractivity contribution in [2.75, 3.05) is 108 Å². The van der Waals surface area contributed by atoms with Crippen molar-refractivity contribution in [3.63, 3.8) is 0 Å². The first-order valence-electron chi connectivity index (χ1n) is 15.7. The second-order valence-corrected chi connectivity index (χ2v) is 21.0. The minimum atomic E-state index is -3.55. The molecule has 3 fully saturated rings. The van der Waals surface area contributed by atoms with Crippen LogP contribution in [0.25, 0.3) is 0 Å². The lowest BCUT2D eigenvalue weighted by Gasteiger charge is -2.44. The van der Waals surface area contributed by atoms with Gasteiger partial charge >= 0.3 is 15.3 Å². The largest absolute Gasteiger partial charge is 0.370 e. The van der Waals surface area contributed by atoms with Crippen molar-refractivity contribution < 1.29 is 46.3 Å². The molecule has 0 aliphatic carbocycles. The van der Waals surface area contributed by atoms with Gasteiger partial charge in [0.05, 0.1) is 56.4 Å². The fourth-order valence-electron chi connectivity index (χ4n) is 5.63. The summed E-state index contributed by atoms with van der Waals surface area (Å²) in [4.78, 5) is 13.7. The molecule has 0 radical (unpaired) electrons. The summed E-state index contributed by atoms with van der Waals surface area (Å²) in [6, 6.07) is 0. The van der Waals surface area contributed by atoms with Gasteiger partial charge in [-0.1, -0.05) is 0 Å². The number of carbonyl (C=O) groups is 1. The van der Waals surface area contributed by atoms with Crippen LogP contribution < -0.4 is 0 Å². The van der Waals surface area contributed by atoms with Crippen molar-refractivity contribution in [1.29, 1.82) is 0 Å². The van der Waals surface area contributed by atoms with E-state index in [2.05, 4.69) is 0 Å². The Balaban J connectivity index is 1.68. The summed E-state index contributed by atoms with van der Waals surface area (Å²) < 4.78 is 86.0. The van der Waals surface area contributed by atoms with E-state index in [0.717, 1.165) is 0 Å². The van der Waals surface area contributed by atoms with Gasteiger partial charge in [-0.05, 0) is 63.1 Å². The van der Waals surface area contributed by atoms with Crippen LogP contribution in [0.4, 0.5) is 0 Å². The van der Waals surface area contributed by atoms with E-state index in [0.29, 0.717) is 26.2 Å². The van der Waals surface area contributed by atoms with Gasteiger partial charge in [-0.2, -0.15) is 0 Å². The van der Waals surface area contributed by atoms with Crippen LogP contribution in [-0.4, -0.2) is 179 Å². The number of hydrogen-bond acceptors (Lipinski definition) is 10. The van der Waals surface area contributed by atoms with Crippen LogP contribution in [0, 0.1) is 0 Å². The molecule has 0 bridgehead atoms. The molecular formula is C27H57N6O10P3. The molecule has 0 aromatic carbocycles. The van der Waals surface area contributed by atoms with E-state index < -0.39 is 41.2 Å². The molecular weight excluding hydrogens is 661 g/mol. The Morgan fingerprint density at radius 2 is 1.00 bits per heavy atom. The molecule has 9 atom stereocenters. The lowest BCUT2D eigenvalue weighted by Crippen LogP contribution is -2.51. The van der Waals surface area contributed by atoms with E-state index >= 15 is 0 Å². The van der Waals surface area contributed by atoms with Crippen LogP contribution in [-0.2, 0) is 46.3 Å². The summed E-state index contributed by atoms with van der Waals surface area (Å²) in [5.41, 5.74) is 0. The van der Waals surface area contributed by atoms with Crippen LogP contribution in [0.15, 0.2) is 0 Å². The number of morpholine rings is 3. The van der Waals surface area contributed by atoms with Gasteiger partial charge in [0.2, 0.25) is 5.91 Å². The molecule has 3 aliphatic heterocycles. The monoisotopic (exact) mass is 718 g/mol. The molecule has 0 saturated carbocycles. The molecule has 0 spiro atoms. The Kier molecular flexibility index (Phi) is 14.5. The second kappa shape index (κ2) is 16.6. The molecule has 46 heavy (non-hydrogen) atoms. The SMILES string of the molecule is CC(=O)N1CC(C)OC(COP(=O)(N(C)C)N2CC(C)OC(COP(=O)(N(C)C)N3CC(C)OC(COP(C)(=O)N(C)C)C3)C2)C1. The minimum absolute atomic E-state index is 0.0156. The zero-order valence-corrected chi connectivity index (χ0v) is 32.1. The average molecular weight is 719 g/mol. The average Bonchev–Trinajstić information content (AvgIpc) is 2.96. The topological polar surface area (TPSA) is 143 Å². The number of rotatable bonds is 14. The first kappa shape index (κ1) is 40.2. The number of amides is 1. The number of nitrogens with zero attached hydrogens (tertiary/aromatic N) is 6. The molecule has 19 heteroatoms. The predicted octanol–water partition coefficient (Wildman–Crippen LogP) is 2.57. The Bertz CT molecular complexity index is 1170. The molecule has 1 amide bonds. The maximum absolute atomic E-state index is 14.4. The smallest absolute Gasteiger partial charge is 0.345 e. The van der Waals surface area contributed by atoms with Crippen LogP contribution >= 0.6 is 22.9 Å². The van der Waals surface area contributed by atoms with Gasteiger partial charge < -0.3 is 32.7 Å². The maximum Gasteiger partial charge on any atom is 0.345 e. The van der Waals surface area contributed by atoms with E-state index in [1.165, 1.54) is 6.92 Å². The summed E-state index contributed by atoms with van der Waals surface area (Å²) in [5.74, 6) is -0.0395. The minimum Gasteiger partial charge on any atom is -0.370 e. The molecule has 3 saturated heterocycles. The van der Waals surface area contributed by atoms with E-state index in [4.69, 9.17) is 27.8 Å². The van der Waals surface area contributed by atoms with Crippen molar-refractivity contribution in [3.05, 3.63) is 0 Å². The fraction of sp³-hybridized carbons (Fsp3) is 0.963. The maximum atomic E-state index is 14.4. The van der Waals surface area contributed by atoms with Gasteiger partial charge in [-0.25, -0.2) is 23.4 Å². The Morgan fingerprint density at radius 3 is 1.37 bits per heavy atom. The summed E-state index contributed by atoms with van der Waals surface area (Å²) in [7, 11) is 0.144. The zero-order valence-electron chi connectivity index (χ0n) is 29.4. The van der Waals surface area contributed by atoms with Crippen molar-refractivity contribution in [2.24, 2.45) is 0 Å². The summed E-state index contributed by atoms with van der Waals surface area (Å²) in [6.45, 7) is 10.9. The van der Waals surface area contributed by atoms with Crippen molar-refractivity contribution in [1.82, 2.24) is 28.3 Å². The standard InChI is InChI=1S/C27H57N6O10P3/c1-21-12-31(24(4)34)15-25(41-21)19-39-45(36,29(7)8)33-14-23(3)43-27(17-33)20-40-46(37,30(9)10)32-13-22(2)42-26(16-32)18-38-44(11,35)28(5)6/h21-23,25-27H,12-20H2,1-11H3. The van der Waals surface area contributed by atoms with Crippen molar-refractivity contribution in [3.8, 4) is 0 Å². The number of carbonyl (C=O) groups excluding carboxylic acids is 1. The molecule has 3 heterocycles. The summed E-state index contributed by atoms with van der Waals surface area (Å²) >= 11 is 0. The van der Waals surface area contributed by atoms with Crippen LogP contribution in [0.3, 0.4) is 0 Å². The van der Waals surface area contributed by atoms with E-state index in [9.17, 15) is 18.5 Å². The van der Waals surface area contributed by atoms with Gasteiger partial charge in [-0.3, -0.25) is 18.5 Å². The van der Waals surface area contributed by atoms with Gasteiger partial charge in [0, 0.05) is 52.9 Å². The molecule has 16 nitrogen and oxygen atoms in total. The van der Waals surface area contributed by atoms with Gasteiger partial charge in [0.15, 0.2) is 0 Å². The van der Waals surface area contributed by atoms with Crippen molar-refractivity contribution >= 4 is 28.8 Å². The highest BCUT2D eigenvalue weighted by atomic mass is 31.2. The third-order valence-electron chi connectivity index (χ3n) is 8.20. The second-order valence-electron chi connectivity index (χ2n) is 13.1. The lowest BCUT2D eigenvalue weighted by molar-refractivity contribution is -0.144. The molecule has 0 N–H and O–H groups in total. The van der Waals surface area contributed by atoms with Crippen molar-refractivity contribution in [2.45, 2.75) is 64.3 Å². The summed E-state index contributed by atoms with van der Waals surface area (Å²) in [6.07, 6.45) is -2.15. The molecule has 3 rings (SSSR count). The highest BCUT2D eigenvalue weighted by Crippen LogP contribution is 2.56. The van der Waals surface area contributed by atoms with Crippen LogP contribution in [0.1, 0.15) is 27.7 Å². The molecule has 9 unspecified atom stereocenters. The highest BCUT2D eigenvalue weighted by Gasteiger charge is 2.45. The summed E-state index contributed by atoms with van der Waals surface area (Å²) in [5, 5.41) is 0. The first-order valence-corrected chi connectivity index (χ1v) is 20.8. The fourth-order valence-corrected chi connectivity index (χ4v) is 10.5. The van der Waals surface area contributed by atoms with Gasteiger partial charge in [0.25, 0.3) is 7.52 Å². The molecule has 270 valence electrons. The number of hydrogen-bond donors (Lipinski definition) is 0. The number of ether oxygens (including phenoxy) is 3. The molecule has 0 aromatic heterocycles. The van der Waals surface area contributed by atoms with E-state index in [1.54, 1.807) is 77.2 Å². The van der Waals surface area contributed by atoms with Gasteiger partial charge in [0.1, 0.15) is 0 Å². The van der Waals surface area contributed by atoms with Gasteiger partial charge in [-0.15, -0.1) is 0 Å². The Hall–Kier alpha value is -0.280. The molecule has 0 aromatic rings. The van der Waals surface area contributed by atoms with Crippen LogP contribution in [0.2, 0.25) is 0 Å². The third-order valence-corrected chi connectivity index (χ3v) is 15.4. The zero-order chi connectivity index (χ0) is 34.6. The normalized spacial score (nSPS) is 32.8. The quantitative estimate of drug-likeness (QED) is 0.243. The first-order chi connectivity index (χ1) is 21.3. The van der Waals surface area contributed by atoms with Crippen LogP contribution in [0.5, 0.6) is 0 Å². The third kappa shape index (κ3) is 10.4.